The third-order valence-corrected chi connectivity index (χ3v) is 4.83. The summed E-state index contributed by atoms with van der Waals surface area (Å²) in [5.74, 6) is 1.63. The standard InChI is InChI=1S/C20H25ClN6O2/c1-23-20(25-11-14-4-2-5-16(10-14)29-13-18(22)28)26-15-7-9-27(12-15)19-17(21)6-3-8-24-19/h2-6,8,10,15H,7,9,11-13H2,1H3,(H2,22,28)(H2,23,25,26). The number of aliphatic imine (C=N–C) groups is 1. The molecular weight excluding hydrogens is 392 g/mol. The lowest BCUT2D eigenvalue weighted by atomic mass is 10.2. The lowest BCUT2D eigenvalue weighted by molar-refractivity contribution is -0.119. The van der Waals surface area contributed by atoms with Gasteiger partial charge in [0, 0.05) is 38.9 Å². The number of pyridine rings is 1. The van der Waals surface area contributed by atoms with Crippen LogP contribution in [0.15, 0.2) is 47.6 Å². The minimum atomic E-state index is -0.504. The molecule has 0 aliphatic carbocycles. The van der Waals surface area contributed by atoms with E-state index in [9.17, 15) is 4.79 Å². The van der Waals surface area contributed by atoms with Gasteiger partial charge < -0.3 is 26.0 Å². The average Bonchev–Trinajstić information content (AvgIpc) is 3.18. The number of nitrogens with zero attached hydrogens (tertiary/aromatic N) is 3. The summed E-state index contributed by atoms with van der Waals surface area (Å²) in [4.78, 5) is 21.7. The molecule has 1 amide bonds. The Labute approximate surface area is 175 Å². The summed E-state index contributed by atoms with van der Waals surface area (Å²) < 4.78 is 5.34. The van der Waals surface area contributed by atoms with Gasteiger partial charge in [-0.25, -0.2) is 4.98 Å². The smallest absolute Gasteiger partial charge is 0.255 e. The zero-order valence-corrected chi connectivity index (χ0v) is 17.0. The number of rotatable bonds is 7. The molecule has 3 rings (SSSR count). The number of guanidine groups is 1. The topological polar surface area (TPSA) is 105 Å². The summed E-state index contributed by atoms with van der Waals surface area (Å²) >= 11 is 6.26. The van der Waals surface area contributed by atoms with Crippen LogP contribution in [0.4, 0.5) is 5.82 Å². The number of halogens is 1. The van der Waals surface area contributed by atoms with E-state index in [1.165, 1.54) is 0 Å². The van der Waals surface area contributed by atoms with Gasteiger partial charge in [-0.15, -0.1) is 0 Å². The van der Waals surface area contributed by atoms with E-state index in [1.807, 2.05) is 30.3 Å². The predicted molar refractivity (Wildman–Crippen MR) is 114 cm³/mol. The van der Waals surface area contributed by atoms with Gasteiger partial charge >= 0.3 is 0 Å². The molecule has 8 nitrogen and oxygen atoms in total. The van der Waals surface area contributed by atoms with Gasteiger partial charge in [-0.05, 0) is 36.2 Å². The quantitative estimate of drug-likeness (QED) is 0.467. The molecular formula is C20H25ClN6O2. The van der Waals surface area contributed by atoms with E-state index in [2.05, 4.69) is 25.5 Å². The lowest BCUT2D eigenvalue weighted by Gasteiger charge is -2.20. The van der Waals surface area contributed by atoms with Crippen LogP contribution in [0.3, 0.4) is 0 Å². The van der Waals surface area contributed by atoms with Crippen molar-refractivity contribution in [2.24, 2.45) is 10.7 Å². The molecule has 1 atom stereocenters. The Hall–Kier alpha value is -3.00. The molecule has 0 saturated carbocycles. The van der Waals surface area contributed by atoms with Gasteiger partial charge in [0.2, 0.25) is 0 Å². The number of carbonyl (C=O) groups is 1. The van der Waals surface area contributed by atoms with Gasteiger partial charge in [0.25, 0.3) is 5.91 Å². The van der Waals surface area contributed by atoms with Crippen LogP contribution in [0.5, 0.6) is 5.75 Å². The number of nitrogens with one attached hydrogen (secondary N) is 2. The van der Waals surface area contributed by atoms with Gasteiger partial charge in [-0.2, -0.15) is 0 Å². The first-order valence-electron chi connectivity index (χ1n) is 9.38. The van der Waals surface area contributed by atoms with E-state index >= 15 is 0 Å². The first-order valence-corrected chi connectivity index (χ1v) is 9.75. The Balaban J connectivity index is 1.51. The fourth-order valence-corrected chi connectivity index (χ4v) is 3.40. The molecule has 1 fully saturated rings. The van der Waals surface area contributed by atoms with Crippen molar-refractivity contribution in [1.82, 2.24) is 15.6 Å². The van der Waals surface area contributed by atoms with Gasteiger partial charge in [-0.1, -0.05) is 23.7 Å². The van der Waals surface area contributed by atoms with Crippen molar-refractivity contribution in [2.75, 3.05) is 31.6 Å². The molecule has 1 saturated heterocycles. The summed E-state index contributed by atoms with van der Waals surface area (Å²) in [5.41, 5.74) is 6.12. The van der Waals surface area contributed by atoms with Gasteiger partial charge in [0.15, 0.2) is 12.6 Å². The molecule has 0 radical (unpaired) electrons. The van der Waals surface area contributed by atoms with Gasteiger partial charge in [0.05, 0.1) is 5.02 Å². The minimum Gasteiger partial charge on any atom is -0.484 e. The zero-order chi connectivity index (χ0) is 20.6. The largest absolute Gasteiger partial charge is 0.484 e. The molecule has 29 heavy (non-hydrogen) atoms. The molecule has 1 aromatic carbocycles. The van der Waals surface area contributed by atoms with Crippen LogP contribution in [0.25, 0.3) is 0 Å². The van der Waals surface area contributed by atoms with E-state index in [0.29, 0.717) is 23.3 Å². The zero-order valence-electron chi connectivity index (χ0n) is 16.3. The van der Waals surface area contributed by atoms with Crippen molar-refractivity contribution in [3.05, 3.63) is 53.2 Å². The molecule has 2 aromatic rings. The molecule has 1 unspecified atom stereocenters. The third kappa shape index (κ3) is 5.99. The summed E-state index contributed by atoms with van der Waals surface area (Å²) in [6.45, 7) is 2.10. The maximum atomic E-state index is 10.9. The Bertz CT molecular complexity index is 876. The van der Waals surface area contributed by atoms with Crippen LogP contribution in [0.2, 0.25) is 5.02 Å². The van der Waals surface area contributed by atoms with E-state index in [-0.39, 0.29) is 12.6 Å². The van der Waals surface area contributed by atoms with Crippen LogP contribution in [-0.4, -0.2) is 49.6 Å². The molecule has 4 N–H and O–H groups in total. The Kier molecular flexibility index (Phi) is 7.13. The normalized spacial score (nSPS) is 16.6. The number of hydrogen-bond donors (Lipinski definition) is 3. The number of aromatic nitrogens is 1. The van der Waals surface area contributed by atoms with Crippen LogP contribution in [0, 0.1) is 0 Å². The molecule has 1 aromatic heterocycles. The van der Waals surface area contributed by atoms with Crippen LogP contribution >= 0.6 is 11.6 Å². The second-order valence-corrected chi connectivity index (χ2v) is 7.12. The van der Waals surface area contributed by atoms with Gasteiger partial charge in [0.1, 0.15) is 11.6 Å². The molecule has 1 aliphatic rings. The highest BCUT2D eigenvalue weighted by Crippen LogP contribution is 2.25. The average molecular weight is 417 g/mol. The fourth-order valence-electron chi connectivity index (χ4n) is 3.15. The highest BCUT2D eigenvalue weighted by Gasteiger charge is 2.25. The molecule has 1 aliphatic heterocycles. The maximum Gasteiger partial charge on any atom is 0.255 e. The Morgan fingerprint density at radius 2 is 2.28 bits per heavy atom. The van der Waals surface area contributed by atoms with E-state index in [1.54, 1.807) is 19.3 Å². The number of primary amides is 1. The summed E-state index contributed by atoms with van der Waals surface area (Å²) in [6.07, 6.45) is 2.72. The third-order valence-electron chi connectivity index (χ3n) is 4.53. The number of hydrogen-bond acceptors (Lipinski definition) is 5. The SMILES string of the molecule is CN=C(NCc1cccc(OCC(N)=O)c1)NC1CCN(c2ncccc2Cl)C1. The first kappa shape index (κ1) is 20.7. The van der Waals surface area contributed by atoms with Crippen molar-refractivity contribution >= 4 is 29.3 Å². The van der Waals surface area contributed by atoms with Crippen molar-refractivity contribution in [1.29, 1.82) is 0 Å². The fraction of sp³-hybridized carbons (Fsp3) is 0.350. The van der Waals surface area contributed by atoms with E-state index in [4.69, 9.17) is 22.1 Å². The summed E-state index contributed by atoms with van der Waals surface area (Å²) in [7, 11) is 1.74. The van der Waals surface area contributed by atoms with Crippen LogP contribution < -0.4 is 26.0 Å². The van der Waals surface area contributed by atoms with Crippen molar-refractivity contribution in [3.8, 4) is 5.75 Å². The highest BCUT2D eigenvalue weighted by molar-refractivity contribution is 6.32. The van der Waals surface area contributed by atoms with Crippen LogP contribution in [-0.2, 0) is 11.3 Å². The first-order chi connectivity index (χ1) is 14.0. The number of carbonyl (C=O) groups excluding carboxylic acids is 1. The second-order valence-electron chi connectivity index (χ2n) is 6.71. The molecule has 2 heterocycles. The van der Waals surface area contributed by atoms with E-state index < -0.39 is 5.91 Å². The Morgan fingerprint density at radius 3 is 3.03 bits per heavy atom. The number of amides is 1. The predicted octanol–water partition coefficient (Wildman–Crippen LogP) is 1.54. The minimum absolute atomic E-state index is 0.140. The molecule has 9 heteroatoms. The molecule has 0 bridgehead atoms. The molecule has 154 valence electrons. The summed E-state index contributed by atoms with van der Waals surface area (Å²) in [6, 6.07) is 11.4. The van der Waals surface area contributed by atoms with Gasteiger partial charge in [-0.3, -0.25) is 9.79 Å². The highest BCUT2D eigenvalue weighted by atomic mass is 35.5. The van der Waals surface area contributed by atoms with Crippen molar-refractivity contribution in [3.63, 3.8) is 0 Å². The monoisotopic (exact) mass is 416 g/mol. The lowest BCUT2D eigenvalue weighted by Crippen LogP contribution is -2.44. The van der Waals surface area contributed by atoms with Crippen molar-refractivity contribution in [2.45, 2.75) is 19.0 Å². The summed E-state index contributed by atoms with van der Waals surface area (Å²) in [5, 5.41) is 7.41. The maximum absolute atomic E-state index is 10.9. The second kappa shape index (κ2) is 9.97. The number of nitrogens with two attached hydrogens (primary N) is 1. The number of anilines is 1. The van der Waals surface area contributed by atoms with E-state index in [0.717, 1.165) is 30.9 Å². The van der Waals surface area contributed by atoms with Crippen LogP contribution in [0.1, 0.15) is 12.0 Å². The van der Waals surface area contributed by atoms with Crippen molar-refractivity contribution < 1.29 is 9.53 Å². The number of benzene rings is 1. The molecule has 0 spiro atoms. The Morgan fingerprint density at radius 1 is 1.41 bits per heavy atom. The number of ether oxygens (including phenoxy) is 1.